The average Bonchev–Trinajstić information content (AvgIpc) is 2.70. The summed E-state index contributed by atoms with van der Waals surface area (Å²) in [5.41, 5.74) is 9.01. The highest BCUT2D eigenvalue weighted by molar-refractivity contribution is 9.10. The number of anilines is 1. The molecule has 2 heterocycles. The number of nitrogen functional groups attached to an aromatic ring is 1. The summed E-state index contributed by atoms with van der Waals surface area (Å²) in [6.07, 6.45) is 1.72. The van der Waals surface area contributed by atoms with E-state index in [1.54, 1.807) is 6.20 Å². The van der Waals surface area contributed by atoms with Crippen LogP contribution < -0.4 is 5.73 Å². The number of hydrogen-bond donors (Lipinski definition) is 2. The van der Waals surface area contributed by atoms with Gasteiger partial charge < -0.3 is 10.7 Å². The smallest absolute Gasteiger partial charge is 0.178 e. The van der Waals surface area contributed by atoms with Gasteiger partial charge in [-0.1, -0.05) is 15.9 Å². The highest BCUT2D eigenvalue weighted by Crippen LogP contribution is 2.26. The third-order valence-corrected chi connectivity index (χ3v) is 3.39. The van der Waals surface area contributed by atoms with Crippen LogP contribution in [0.4, 0.5) is 5.69 Å². The molecule has 0 atom stereocenters. The van der Waals surface area contributed by atoms with Gasteiger partial charge in [-0.3, -0.25) is 0 Å². The molecule has 0 aliphatic carbocycles. The maximum atomic E-state index is 5.82. The first kappa shape index (κ1) is 11.7. The molecule has 0 bridgehead atoms. The SMILES string of the molecule is Nc1cc(Br)cc(-c2nc3ncc(Br)cc3[nH]2)c1. The van der Waals surface area contributed by atoms with Crippen molar-refractivity contribution in [1.29, 1.82) is 0 Å². The van der Waals surface area contributed by atoms with Crippen LogP contribution in [-0.2, 0) is 0 Å². The van der Waals surface area contributed by atoms with E-state index >= 15 is 0 Å². The molecule has 1 aromatic carbocycles. The van der Waals surface area contributed by atoms with Crippen molar-refractivity contribution in [2.75, 3.05) is 5.73 Å². The van der Waals surface area contributed by atoms with Crippen LogP contribution in [0.1, 0.15) is 0 Å². The lowest BCUT2D eigenvalue weighted by Crippen LogP contribution is -1.87. The number of nitrogens with two attached hydrogens (primary N) is 1. The largest absolute Gasteiger partial charge is 0.399 e. The Morgan fingerprint density at radius 3 is 2.67 bits per heavy atom. The quantitative estimate of drug-likeness (QED) is 0.644. The maximum Gasteiger partial charge on any atom is 0.178 e. The van der Waals surface area contributed by atoms with E-state index in [0.29, 0.717) is 11.3 Å². The molecule has 0 saturated heterocycles. The standard InChI is InChI=1S/C12H8Br2N4/c13-7-1-6(2-9(15)3-7)11-17-10-4-8(14)5-16-12(10)18-11/h1-5H,15H2,(H,16,17,18). The van der Waals surface area contributed by atoms with Crippen LogP contribution in [0, 0.1) is 0 Å². The third kappa shape index (κ3) is 2.13. The fraction of sp³-hybridized carbons (Fsp3) is 0. The number of aromatic nitrogens is 3. The van der Waals surface area contributed by atoms with Gasteiger partial charge in [-0.05, 0) is 40.2 Å². The van der Waals surface area contributed by atoms with Crippen LogP contribution in [0.15, 0.2) is 39.4 Å². The van der Waals surface area contributed by atoms with Gasteiger partial charge in [-0.25, -0.2) is 9.97 Å². The Morgan fingerprint density at radius 2 is 1.89 bits per heavy atom. The zero-order chi connectivity index (χ0) is 12.7. The topological polar surface area (TPSA) is 67.6 Å². The molecule has 2 aromatic heterocycles. The summed E-state index contributed by atoms with van der Waals surface area (Å²) in [5.74, 6) is 0.753. The molecule has 0 amide bonds. The first-order chi connectivity index (χ1) is 8.61. The Kier molecular flexibility index (Phi) is 2.83. The van der Waals surface area contributed by atoms with Crippen molar-refractivity contribution >= 4 is 48.7 Å². The van der Waals surface area contributed by atoms with E-state index in [-0.39, 0.29) is 0 Å². The summed E-state index contributed by atoms with van der Waals surface area (Å²) in [6.45, 7) is 0. The van der Waals surface area contributed by atoms with Crippen LogP contribution in [0.5, 0.6) is 0 Å². The van der Waals surface area contributed by atoms with Crippen LogP contribution in [-0.4, -0.2) is 15.0 Å². The molecule has 90 valence electrons. The molecular weight excluding hydrogens is 360 g/mol. The summed E-state index contributed by atoms with van der Waals surface area (Å²) in [4.78, 5) is 11.9. The number of aromatic amines is 1. The lowest BCUT2D eigenvalue weighted by atomic mass is 10.2. The molecule has 0 aliphatic heterocycles. The monoisotopic (exact) mass is 366 g/mol. The third-order valence-electron chi connectivity index (χ3n) is 2.50. The minimum atomic E-state index is 0.687. The van der Waals surface area contributed by atoms with Crippen molar-refractivity contribution in [3.05, 3.63) is 39.4 Å². The highest BCUT2D eigenvalue weighted by Gasteiger charge is 2.07. The minimum absolute atomic E-state index is 0.687. The number of pyridine rings is 1. The average molecular weight is 368 g/mol. The van der Waals surface area contributed by atoms with Gasteiger partial charge in [0.2, 0.25) is 0 Å². The minimum Gasteiger partial charge on any atom is -0.399 e. The summed E-state index contributed by atoms with van der Waals surface area (Å²) in [7, 11) is 0. The normalized spacial score (nSPS) is 11.0. The Bertz CT molecular complexity index is 716. The molecule has 0 aliphatic rings. The number of nitrogens with zero attached hydrogens (tertiary/aromatic N) is 2. The molecule has 6 heteroatoms. The molecule has 0 fully saturated rings. The van der Waals surface area contributed by atoms with Gasteiger partial charge in [0.1, 0.15) is 5.82 Å². The fourth-order valence-corrected chi connectivity index (χ4v) is 2.60. The summed E-state index contributed by atoms with van der Waals surface area (Å²) >= 11 is 6.80. The lowest BCUT2D eigenvalue weighted by Gasteiger charge is -2.00. The Labute approximate surface area is 120 Å². The van der Waals surface area contributed by atoms with Gasteiger partial charge >= 0.3 is 0 Å². The van der Waals surface area contributed by atoms with E-state index in [1.807, 2.05) is 24.3 Å². The van der Waals surface area contributed by atoms with Crippen molar-refractivity contribution < 1.29 is 0 Å². The first-order valence-electron chi connectivity index (χ1n) is 5.19. The van der Waals surface area contributed by atoms with Crippen molar-refractivity contribution in [3.63, 3.8) is 0 Å². The number of rotatable bonds is 1. The maximum absolute atomic E-state index is 5.82. The van der Waals surface area contributed by atoms with Crippen LogP contribution in [0.25, 0.3) is 22.6 Å². The second-order valence-corrected chi connectivity index (χ2v) is 5.71. The Balaban J connectivity index is 2.19. The molecular formula is C12H8Br2N4. The number of H-pyrrole nitrogens is 1. The molecule has 0 unspecified atom stereocenters. The van der Waals surface area contributed by atoms with E-state index in [1.165, 1.54) is 0 Å². The molecule has 18 heavy (non-hydrogen) atoms. The number of hydrogen-bond acceptors (Lipinski definition) is 3. The molecule has 3 N–H and O–H groups in total. The van der Waals surface area contributed by atoms with Crippen LogP contribution in [0.2, 0.25) is 0 Å². The predicted octanol–water partition coefficient (Wildman–Crippen LogP) is 3.73. The van der Waals surface area contributed by atoms with Crippen LogP contribution in [0.3, 0.4) is 0 Å². The second-order valence-electron chi connectivity index (χ2n) is 3.88. The number of fused-ring (bicyclic) bond motifs is 1. The fourth-order valence-electron chi connectivity index (χ4n) is 1.76. The molecule has 3 rings (SSSR count). The Hall–Kier alpha value is -1.40. The zero-order valence-corrected chi connectivity index (χ0v) is 12.3. The molecule has 0 saturated carbocycles. The number of benzene rings is 1. The van der Waals surface area contributed by atoms with Gasteiger partial charge in [0.25, 0.3) is 0 Å². The number of nitrogens with one attached hydrogen (secondary N) is 1. The van der Waals surface area contributed by atoms with Crippen molar-refractivity contribution in [1.82, 2.24) is 15.0 Å². The van der Waals surface area contributed by atoms with Gasteiger partial charge in [0.15, 0.2) is 5.65 Å². The van der Waals surface area contributed by atoms with Gasteiger partial charge in [0, 0.05) is 26.4 Å². The van der Waals surface area contributed by atoms with Gasteiger partial charge in [-0.2, -0.15) is 0 Å². The Morgan fingerprint density at radius 1 is 1.06 bits per heavy atom. The number of halogens is 2. The van der Waals surface area contributed by atoms with E-state index in [9.17, 15) is 0 Å². The van der Waals surface area contributed by atoms with Crippen molar-refractivity contribution in [2.45, 2.75) is 0 Å². The summed E-state index contributed by atoms with van der Waals surface area (Å²) < 4.78 is 1.84. The lowest BCUT2D eigenvalue weighted by molar-refractivity contribution is 1.30. The summed E-state index contributed by atoms with van der Waals surface area (Å²) in [5, 5.41) is 0. The number of imidazole rings is 1. The van der Waals surface area contributed by atoms with E-state index in [0.717, 1.165) is 25.8 Å². The van der Waals surface area contributed by atoms with Crippen LogP contribution >= 0.6 is 31.9 Å². The molecule has 0 radical (unpaired) electrons. The predicted molar refractivity (Wildman–Crippen MR) is 79.1 cm³/mol. The van der Waals surface area contributed by atoms with Gasteiger partial charge in [0.05, 0.1) is 5.52 Å². The summed E-state index contributed by atoms with van der Waals surface area (Å²) in [6, 6.07) is 7.63. The molecule has 3 aromatic rings. The molecule has 4 nitrogen and oxygen atoms in total. The van der Waals surface area contributed by atoms with Gasteiger partial charge in [-0.15, -0.1) is 0 Å². The van der Waals surface area contributed by atoms with E-state index in [4.69, 9.17) is 5.73 Å². The molecule has 0 spiro atoms. The van der Waals surface area contributed by atoms with E-state index in [2.05, 4.69) is 46.8 Å². The second kappa shape index (κ2) is 4.37. The van der Waals surface area contributed by atoms with Crippen molar-refractivity contribution in [3.8, 4) is 11.4 Å². The first-order valence-corrected chi connectivity index (χ1v) is 6.78. The highest BCUT2D eigenvalue weighted by atomic mass is 79.9. The zero-order valence-electron chi connectivity index (χ0n) is 9.11. The van der Waals surface area contributed by atoms with Crippen molar-refractivity contribution in [2.24, 2.45) is 0 Å². The van der Waals surface area contributed by atoms with E-state index < -0.39 is 0 Å².